The summed E-state index contributed by atoms with van der Waals surface area (Å²) in [5.74, 6) is 0.483. The number of likely N-dealkylation sites (tertiary alicyclic amines) is 1. The van der Waals surface area contributed by atoms with Gasteiger partial charge in [0, 0.05) is 24.7 Å². The standard InChI is InChI=1S/C13H19NO4/c1-10(11-5-6-12(16-2)17-9-11)18-13(15)14-7-3-4-8-14/h5-6,10H,3-4,7-9H2,1-2H3. The molecule has 0 bridgehead atoms. The Hall–Kier alpha value is -1.65. The van der Waals surface area contributed by atoms with Crippen LogP contribution in [0.4, 0.5) is 4.79 Å². The zero-order chi connectivity index (χ0) is 13.0. The van der Waals surface area contributed by atoms with Gasteiger partial charge in [0.15, 0.2) is 0 Å². The lowest BCUT2D eigenvalue weighted by molar-refractivity contribution is 0.0521. The van der Waals surface area contributed by atoms with Crippen molar-refractivity contribution >= 4 is 6.09 Å². The van der Waals surface area contributed by atoms with E-state index >= 15 is 0 Å². The summed E-state index contributed by atoms with van der Waals surface area (Å²) in [5, 5.41) is 0. The minimum Gasteiger partial charge on any atom is -0.469 e. The molecule has 0 aromatic rings. The molecule has 0 aromatic heterocycles. The largest absolute Gasteiger partial charge is 0.469 e. The Bertz CT molecular complexity index is 369. The van der Waals surface area contributed by atoms with Crippen molar-refractivity contribution in [2.45, 2.75) is 25.9 Å². The summed E-state index contributed by atoms with van der Waals surface area (Å²) < 4.78 is 15.7. The molecule has 18 heavy (non-hydrogen) atoms. The Morgan fingerprint density at radius 1 is 1.39 bits per heavy atom. The lowest BCUT2D eigenvalue weighted by Crippen LogP contribution is -2.32. The Labute approximate surface area is 107 Å². The van der Waals surface area contributed by atoms with E-state index in [-0.39, 0.29) is 12.2 Å². The van der Waals surface area contributed by atoms with E-state index in [1.54, 1.807) is 18.1 Å². The van der Waals surface area contributed by atoms with Crippen LogP contribution in [0.25, 0.3) is 0 Å². The molecule has 0 radical (unpaired) electrons. The monoisotopic (exact) mass is 253 g/mol. The van der Waals surface area contributed by atoms with Crippen LogP contribution in [0.15, 0.2) is 23.7 Å². The predicted octanol–water partition coefficient (Wildman–Crippen LogP) is 2.05. The van der Waals surface area contributed by atoms with Gasteiger partial charge in [-0.15, -0.1) is 0 Å². The first-order valence-corrected chi connectivity index (χ1v) is 6.24. The fourth-order valence-corrected chi connectivity index (χ4v) is 2.01. The third-order valence-corrected chi connectivity index (χ3v) is 3.18. The molecule has 1 unspecified atom stereocenters. The van der Waals surface area contributed by atoms with Crippen molar-refractivity contribution in [3.8, 4) is 0 Å². The quantitative estimate of drug-likeness (QED) is 0.772. The zero-order valence-corrected chi connectivity index (χ0v) is 10.8. The van der Waals surface area contributed by atoms with E-state index < -0.39 is 0 Å². The van der Waals surface area contributed by atoms with Gasteiger partial charge in [0.05, 0.1) is 7.11 Å². The molecule has 2 aliphatic rings. The van der Waals surface area contributed by atoms with Gasteiger partial charge in [0.2, 0.25) is 0 Å². The van der Waals surface area contributed by atoms with Crippen molar-refractivity contribution in [2.75, 3.05) is 26.8 Å². The Kier molecular flexibility index (Phi) is 4.12. The number of carbonyl (C=O) groups excluding carboxylic acids is 1. The van der Waals surface area contributed by atoms with Crippen molar-refractivity contribution < 1.29 is 19.0 Å². The van der Waals surface area contributed by atoms with Gasteiger partial charge in [-0.3, -0.25) is 0 Å². The predicted molar refractivity (Wildman–Crippen MR) is 65.9 cm³/mol. The Morgan fingerprint density at radius 3 is 2.67 bits per heavy atom. The number of nitrogens with zero attached hydrogens (tertiary/aromatic N) is 1. The number of allylic oxidation sites excluding steroid dienone is 2. The van der Waals surface area contributed by atoms with Crippen LogP contribution in [-0.4, -0.2) is 43.9 Å². The van der Waals surface area contributed by atoms with Gasteiger partial charge < -0.3 is 19.1 Å². The number of hydrogen-bond donors (Lipinski definition) is 0. The molecule has 0 saturated carbocycles. The highest BCUT2D eigenvalue weighted by molar-refractivity contribution is 5.68. The van der Waals surface area contributed by atoms with Crippen molar-refractivity contribution in [2.24, 2.45) is 0 Å². The van der Waals surface area contributed by atoms with Crippen LogP contribution in [0.3, 0.4) is 0 Å². The third kappa shape index (κ3) is 2.97. The molecule has 2 rings (SSSR count). The van der Waals surface area contributed by atoms with Crippen LogP contribution < -0.4 is 0 Å². The second kappa shape index (κ2) is 5.80. The average Bonchev–Trinajstić information content (AvgIpc) is 2.92. The smallest absolute Gasteiger partial charge is 0.410 e. The van der Waals surface area contributed by atoms with Gasteiger partial charge in [0.25, 0.3) is 5.95 Å². The molecule has 2 heterocycles. The van der Waals surface area contributed by atoms with Gasteiger partial charge in [-0.2, -0.15) is 0 Å². The van der Waals surface area contributed by atoms with E-state index in [0.717, 1.165) is 31.5 Å². The lowest BCUT2D eigenvalue weighted by Gasteiger charge is -2.23. The molecular formula is C13H19NO4. The van der Waals surface area contributed by atoms with Crippen LogP contribution in [0.1, 0.15) is 19.8 Å². The van der Waals surface area contributed by atoms with Crippen LogP contribution in [-0.2, 0) is 14.2 Å². The average molecular weight is 253 g/mol. The van der Waals surface area contributed by atoms with E-state index in [1.165, 1.54) is 0 Å². The number of ether oxygens (including phenoxy) is 3. The molecule has 0 aliphatic carbocycles. The third-order valence-electron chi connectivity index (χ3n) is 3.18. The van der Waals surface area contributed by atoms with Crippen LogP contribution in [0.2, 0.25) is 0 Å². The number of amides is 1. The van der Waals surface area contributed by atoms with Crippen molar-refractivity contribution in [3.05, 3.63) is 23.7 Å². The fourth-order valence-electron chi connectivity index (χ4n) is 2.01. The normalized spacial score (nSPS) is 20.7. The van der Waals surface area contributed by atoms with E-state index in [4.69, 9.17) is 14.2 Å². The molecular weight excluding hydrogens is 234 g/mol. The van der Waals surface area contributed by atoms with Crippen molar-refractivity contribution in [1.29, 1.82) is 0 Å². The summed E-state index contributed by atoms with van der Waals surface area (Å²) in [6.45, 7) is 3.85. The van der Waals surface area contributed by atoms with E-state index in [2.05, 4.69) is 0 Å². The van der Waals surface area contributed by atoms with Crippen LogP contribution in [0, 0.1) is 0 Å². The number of carbonyl (C=O) groups is 1. The van der Waals surface area contributed by atoms with Gasteiger partial charge in [-0.1, -0.05) is 0 Å². The Balaban J connectivity index is 1.88. The summed E-state index contributed by atoms with van der Waals surface area (Å²) >= 11 is 0. The van der Waals surface area contributed by atoms with Crippen LogP contribution in [0.5, 0.6) is 0 Å². The molecule has 5 nitrogen and oxygen atoms in total. The Morgan fingerprint density at radius 2 is 2.11 bits per heavy atom. The molecule has 0 N–H and O–H groups in total. The van der Waals surface area contributed by atoms with E-state index in [0.29, 0.717) is 12.6 Å². The highest BCUT2D eigenvalue weighted by atomic mass is 16.7. The summed E-state index contributed by atoms with van der Waals surface area (Å²) in [6, 6.07) is 0. The lowest BCUT2D eigenvalue weighted by atomic mass is 10.1. The highest BCUT2D eigenvalue weighted by Gasteiger charge is 2.23. The van der Waals surface area contributed by atoms with E-state index in [9.17, 15) is 4.79 Å². The molecule has 0 spiro atoms. The maximum Gasteiger partial charge on any atom is 0.410 e. The molecule has 1 atom stereocenters. The summed E-state index contributed by atoms with van der Waals surface area (Å²) in [7, 11) is 1.56. The van der Waals surface area contributed by atoms with Gasteiger partial charge >= 0.3 is 6.09 Å². The highest BCUT2D eigenvalue weighted by Crippen LogP contribution is 2.17. The number of rotatable bonds is 3. The van der Waals surface area contributed by atoms with Gasteiger partial charge in [-0.05, 0) is 25.8 Å². The molecule has 0 aromatic carbocycles. The molecule has 2 aliphatic heterocycles. The SMILES string of the molecule is COC1=CC=C(C(C)OC(=O)N2CCCC2)CO1. The van der Waals surface area contributed by atoms with Gasteiger partial charge in [-0.25, -0.2) is 4.79 Å². The van der Waals surface area contributed by atoms with Crippen molar-refractivity contribution in [3.63, 3.8) is 0 Å². The second-order valence-electron chi connectivity index (χ2n) is 4.44. The second-order valence-corrected chi connectivity index (χ2v) is 4.44. The topological polar surface area (TPSA) is 48.0 Å². The molecule has 100 valence electrons. The summed E-state index contributed by atoms with van der Waals surface area (Å²) in [6.07, 6.45) is 5.24. The van der Waals surface area contributed by atoms with Crippen LogP contribution >= 0.6 is 0 Å². The molecule has 5 heteroatoms. The van der Waals surface area contributed by atoms with E-state index in [1.807, 2.05) is 13.0 Å². The zero-order valence-electron chi connectivity index (χ0n) is 10.8. The molecule has 1 saturated heterocycles. The number of hydrogen-bond acceptors (Lipinski definition) is 4. The first-order valence-electron chi connectivity index (χ1n) is 6.24. The summed E-state index contributed by atoms with van der Waals surface area (Å²) in [4.78, 5) is 13.6. The fraction of sp³-hybridized carbons (Fsp3) is 0.615. The van der Waals surface area contributed by atoms with Crippen molar-refractivity contribution in [1.82, 2.24) is 4.90 Å². The minimum absolute atomic E-state index is 0.234. The first kappa shape index (κ1) is 12.8. The van der Waals surface area contributed by atoms with Gasteiger partial charge in [0.1, 0.15) is 12.7 Å². The molecule has 1 fully saturated rings. The maximum absolute atomic E-state index is 11.8. The maximum atomic E-state index is 11.8. The molecule has 1 amide bonds. The summed E-state index contributed by atoms with van der Waals surface area (Å²) in [5.41, 5.74) is 0.934. The first-order chi connectivity index (χ1) is 8.70. The minimum atomic E-state index is -0.271. The number of methoxy groups -OCH3 is 1.